The first kappa shape index (κ1) is 24.4. The highest BCUT2D eigenvalue weighted by Gasteiger charge is 2.27. The van der Waals surface area contributed by atoms with Gasteiger partial charge < -0.3 is 29.9 Å². The number of nitrogens with zero attached hydrogens (tertiary/aromatic N) is 3. The van der Waals surface area contributed by atoms with Crippen LogP contribution in [0.3, 0.4) is 0 Å². The summed E-state index contributed by atoms with van der Waals surface area (Å²) in [5.41, 5.74) is 4.31. The number of fused-ring (bicyclic) bond motifs is 2. The molecule has 2 amide bonds. The molecule has 0 bridgehead atoms. The predicted molar refractivity (Wildman–Crippen MR) is 139 cm³/mol. The third kappa shape index (κ3) is 5.42. The van der Waals surface area contributed by atoms with Gasteiger partial charge >= 0.3 is 11.8 Å². The first-order chi connectivity index (χ1) is 17.5. The van der Waals surface area contributed by atoms with E-state index in [1.165, 1.54) is 16.8 Å². The van der Waals surface area contributed by atoms with Crippen LogP contribution in [-0.4, -0.2) is 88.2 Å². The lowest BCUT2D eigenvalue weighted by Crippen LogP contribution is -2.49. The van der Waals surface area contributed by atoms with Crippen LogP contribution in [0, 0.1) is 0 Å². The van der Waals surface area contributed by atoms with E-state index in [4.69, 9.17) is 9.47 Å². The summed E-state index contributed by atoms with van der Waals surface area (Å²) in [6, 6.07) is 11.8. The Bertz CT molecular complexity index is 1120. The number of carbonyl (C=O) groups is 2. The molecule has 2 aromatic rings. The number of hydrogen-bond donors (Lipinski definition) is 2. The van der Waals surface area contributed by atoms with Crippen molar-refractivity contribution in [3.8, 4) is 11.5 Å². The molecular formula is C27H35N5O4. The van der Waals surface area contributed by atoms with Crippen molar-refractivity contribution in [1.29, 1.82) is 0 Å². The summed E-state index contributed by atoms with van der Waals surface area (Å²) in [5, 5.41) is 5.56. The number of benzene rings is 2. The summed E-state index contributed by atoms with van der Waals surface area (Å²) in [7, 11) is 4.27. The molecule has 3 aliphatic heterocycles. The molecule has 0 aliphatic carbocycles. The van der Waals surface area contributed by atoms with Crippen molar-refractivity contribution in [3.63, 3.8) is 0 Å². The van der Waals surface area contributed by atoms with Gasteiger partial charge in [-0.25, -0.2) is 0 Å². The van der Waals surface area contributed by atoms with E-state index in [9.17, 15) is 9.59 Å². The van der Waals surface area contributed by atoms with E-state index in [1.807, 2.05) is 0 Å². The van der Waals surface area contributed by atoms with E-state index in [2.05, 4.69) is 57.6 Å². The third-order valence-electron chi connectivity index (χ3n) is 7.28. The molecule has 1 atom stereocenters. The molecule has 0 spiro atoms. The smallest absolute Gasteiger partial charge is 0.313 e. The Balaban J connectivity index is 1.27. The number of nitrogens with one attached hydrogen (secondary N) is 2. The second kappa shape index (κ2) is 10.8. The highest BCUT2D eigenvalue weighted by molar-refractivity contribution is 6.39. The van der Waals surface area contributed by atoms with E-state index in [0.29, 0.717) is 36.9 Å². The Morgan fingerprint density at radius 1 is 0.917 bits per heavy atom. The number of carbonyl (C=O) groups excluding carboxylic acids is 2. The minimum Gasteiger partial charge on any atom is -0.486 e. The van der Waals surface area contributed by atoms with E-state index in [-0.39, 0.29) is 6.04 Å². The average molecular weight is 494 g/mol. The molecule has 9 nitrogen and oxygen atoms in total. The van der Waals surface area contributed by atoms with E-state index in [0.717, 1.165) is 45.6 Å². The van der Waals surface area contributed by atoms with Gasteiger partial charge in [0.15, 0.2) is 11.5 Å². The molecule has 1 unspecified atom stereocenters. The van der Waals surface area contributed by atoms with Crippen LogP contribution in [-0.2, 0) is 16.0 Å². The van der Waals surface area contributed by atoms with Gasteiger partial charge in [-0.2, -0.15) is 0 Å². The largest absolute Gasteiger partial charge is 0.486 e. The number of amides is 2. The molecule has 2 N–H and O–H groups in total. The second-order valence-corrected chi connectivity index (χ2v) is 9.79. The normalized spacial score (nSPS) is 18.8. The Hall–Kier alpha value is -3.30. The predicted octanol–water partition coefficient (Wildman–Crippen LogP) is 1.88. The van der Waals surface area contributed by atoms with Crippen LogP contribution in [0.15, 0.2) is 36.4 Å². The number of ether oxygens (including phenoxy) is 2. The van der Waals surface area contributed by atoms with Gasteiger partial charge in [-0.1, -0.05) is 12.1 Å². The van der Waals surface area contributed by atoms with Gasteiger partial charge in [0.2, 0.25) is 0 Å². The zero-order valence-corrected chi connectivity index (χ0v) is 21.1. The molecule has 0 saturated carbocycles. The molecule has 192 valence electrons. The van der Waals surface area contributed by atoms with Crippen molar-refractivity contribution in [2.75, 3.05) is 76.8 Å². The lowest BCUT2D eigenvalue weighted by atomic mass is 9.95. The van der Waals surface area contributed by atoms with Gasteiger partial charge in [-0.3, -0.25) is 14.5 Å². The number of anilines is 2. The van der Waals surface area contributed by atoms with Gasteiger partial charge in [0, 0.05) is 63.8 Å². The Labute approximate surface area is 212 Å². The van der Waals surface area contributed by atoms with Crippen molar-refractivity contribution >= 4 is 23.2 Å². The van der Waals surface area contributed by atoms with E-state index >= 15 is 0 Å². The standard InChI is InChI=1S/C27H35N5O4/c1-30-10-12-32(13-11-30)23(20-5-7-22-19(16-20)4-3-9-31(22)2)18-28-26(33)27(34)29-21-6-8-24-25(17-21)36-15-14-35-24/h5-8,16-17,23H,3-4,9-15,18H2,1-2H3,(H,28,33)(H,29,34). The molecule has 2 aromatic carbocycles. The number of rotatable bonds is 5. The van der Waals surface area contributed by atoms with Crippen LogP contribution >= 0.6 is 0 Å². The summed E-state index contributed by atoms with van der Waals surface area (Å²) in [5.74, 6) is -0.153. The second-order valence-electron chi connectivity index (χ2n) is 9.79. The summed E-state index contributed by atoms with van der Waals surface area (Å²) < 4.78 is 11.1. The van der Waals surface area contributed by atoms with E-state index in [1.54, 1.807) is 18.2 Å². The first-order valence-corrected chi connectivity index (χ1v) is 12.7. The topological polar surface area (TPSA) is 86.4 Å². The number of aryl methyl sites for hydroxylation is 1. The molecule has 3 aliphatic rings. The van der Waals surface area contributed by atoms with Crippen LogP contribution in [0.5, 0.6) is 11.5 Å². The van der Waals surface area contributed by atoms with Crippen molar-refractivity contribution in [2.24, 2.45) is 0 Å². The van der Waals surface area contributed by atoms with Crippen molar-refractivity contribution in [2.45, 2.75) is 18.9 Å². The first-order valence-electron chi connectivity index (χ1n) is 12.7. The van der Waals surface area contributed by atoms with Crippen molar-refractivity contribution < 1.29 is 19.1 Å². The van der Waals surface area contributed by atoms with Gasteiger partial charge in [0.25, 0.3) is 0 Å². The summed E-state index contributed by atoms with van der Waals surface area (Å²) in [4.78, 5) is 32.5. The zero-order valence-electron chi connectivity index (χ0n) is 21.1. The minimum atomic E-state index is -0.698. The molecule has 1 saturated heterocycles. The van der Waals surface area contributed by atoms with Gasteiger partial charge in [0.1, 0.15) is 13.2 Å². The minimum absolute atomic E-state index is 0.00211. The van der Waals surface area contributed by atoms with Gasteiger partial charge in [0.05, 0.1) is 6.04 Å². The van der Waals surface area contributed by atoms with Gasteiger partial charge in [-0.15, -0.1) is 0 Å². The average Bonchev–Trinajstić information content (AvgIpc) is 2.89. The fourth-order valence-corrected chi connectivity index (χ4v) is 5.18. The summed E-state index contributed by atoms with van der Waals surface area (Å²) >= 11 is 0. The molecule has 5 rings (SSSR count). The van der Waals surface area contributed by atoms with Crippen LogP contribution in [0.1, 0.15) is 23.6 Å². The number of piperazine rings is 1. The molecule has 36 heavy (non-hydrogen) atoms. The van der Waals surface area contributed by atoms with Crippen molar-refractivity contribution in [1.82, 2.24) is 15.1 Å². The van der Waals surface area contributed by atoms with Crippen LogP contribution in [0.25, 0.3) is 0 Å². The summed E-state index contributed by atoms with van der Waals surface area (Å²) in [6.07, 6.45) is 2.20. The lowest BCUT2D eigenvalue weighted by Gasteiger charge is -2.39. The van der Waals surface area contributed by atoms with Crippen LogP contribution in [0.4, 0.5) is 11.4 Å². The van der Waals surface area contributed by atoms with E-state index < -0.39 is 11.8 Å². The summed E-state index contributed by atoms with van der Waals surface area (Å²) in [6.45, 7) is 6.17. The fraction of sp³-hybridized carbons (Fsp3) is 0.481. The molecule has 1 fully saturated rings. The number of likely N-dealkylation sites (N-methyl/N-ethyl adjacent to an activating group) is 1. The Morgan fingerprint density at radius 2 is 1.69 bits per heavy atom. The zero-order chi connectivity index (χ0) is 25.1. The fourth-order valence-electron chi connectivity index (χ4n) is 5.18. The maximum atomic E-state index is 12.8. The quantitative estimate of drug-likeness (QED) is 0.615. The van der Waals surface area contributed by atoms with Crippen molar-refractivity contribution in [3.05, 3.63) is 47.5 Å². The highest BCUT2D eigenvalue weighted by atomic mass is 16.6. The van der Waals surface area contributed by atoms with Crippen LogP contribution < -0.4 is 25.0 Å². The number of hydrogen-bond acceptors (Lipinski definition) is 7. The Morgan fingerprint density at radius 3 is 2.50 bits per heavy atom. The SMILES string of the molecule is CN1CCN(C(CNC(=O)C(=O)Nc2ccc3c(c2)OCCO3)c2ccc3c(c2)CCCN3C)CC1. The van der Waals surface area contributed by atoms with Gasteiger partial charge in [-0.05, 0) is 49.2 Å². The monoisotopic (exact) mass is 493 g/mol. The Kier molecular flexibility index (Phi) is 7.29. The third-order valence-corrected chi connectivity index (χ3v) is 7.28. The molecule has 9 heteroatoms. The maximum Gasteiger partial charge on any atom is 0.313 e. The maximum absolute atomic E-state index is 12.8. The molecular weight excluding hydrogens is 458 g/mol. The van der Waals surface area contributed by atoms with Crippen LogP contribution in [0.2, 0.25) is 0 Å². The molecule has 0 aromatic heterocycles. The lowest BCUT2D eigenvalue weighted by molar-refractivity contribution is -0.136. The molecule has 3 heterocycles. The molecule has 0 radical (unpaired) electrons. The highest BCUT2D eigenvalue weighted by Crippen LogP contribution is 2.33.